The highest BCUT2D eigenvalue weighted by molar-refractivity contribution is 7.93. The number of nitrogens with zero attached hydrogens (tertiary/aromatic N) is 3. The van der Waals surface area contributed by atoms with Crippen molar-refractivity contribution in [3.05, 3.63) is 46.4 Å². The maximum atomic E-state index is 14.2. The van der Waals surface area contributed by atoms with Crippen molar-refractivity contribution in [1.29, 1.82) is 0 Å². The van der Waals surface area contributed by atoms with Gasteiger partial charge in [0.15, 0.2) is 9.84 Å². The van der Waals surface area contributed by atoms with E-state index in [1.54, 1.807) is 19.1 Å². The molecule has 0 radical (unpaired) electrons. The molecule has 30 heavy (non-hydrogen) atoms. The van der Waals surface area contributed by atoms with Gasteiger partial charge in [0, 0.05) is 10.4 Å². The Morgan fingerprint density at radius 1 is 1.20 bits per heavy atom. The van der Waals surface area contributed by atoms with E-state index >= 15 is 0 Å². The lowest BCUT2D eigenvalue weighted by Crippen LogP contribution is -2.54. The molecule has 11 heteroatoms. The van der Waals surface area contributed by atoms with Crippen LogP contribution in [0.1, 0.15) is 25.6 Å². The average Bonchev–Trinajstić information content (AvgIpc) is 3.29. The van der Waals surface area contributed by atoms with Gasteiger partial charge in [0.25, 0.3) is 0 Å². The van der Waals surface area contributed by atoms with Gasteiger partial charge in [-0.25, -0.2) is 12.8 Å². The van der Waals surface area contributed by atoms with E-state index in [4.69, 9.17) is 21.8 Å². The minimum absolute atomic E-state index is 0.0340. The van der Waals surface area contributed by atoms with Crippen molar-refractivity contribution in [3.8, 4) is 21.9 Å². The Bertz CT molecular complexity index is 1270. The highest BCUT2D eigenvalue weighted by Gasteiger charge is 2.49. The first-order valence-electron chi connectivity index (χ1n) is 8.88. The summed E-state index contributed by atoms with van der Waals surface area (Å²) in [7, 11) is -3.58. The second-order valence-electron chi connectivity index (χ2n) is 7.80. The van der Waals surface area contributed by atoms with Gasteiger partial charge in [-0.2, -0.15) is 0 Å². The summed E-state index contributed by atoms with van der Waals surface area (Å²) in [4.78, 5) is 5.70. The average molecular weight is 469 g/mol. The van der Waals surface area contributed by atoms with Gasteiger partial charge < -0.3 is 10.2 Å². The zero-order valence-electron chi connectivity index (χ0n) is 16.3. The minimum atomic E-state index is -3.58. The summed E-state index contributed by atoms with van der Waals surface area (Å²) in [6.45, 7) is 4.76. The van der Waals surface area contributed by atoms with E-state index in [9.17, 15) is 12.8 Å². The van der Waals surface area contributed by atoms with Crippen LogP contribution in [0.2, 0.25) is 5.02 Å². The van der Waals surface area contributed by atoms with E-state index in [0.717, 1.165) is 6.39 Å². The molecular weight excluding hydrogens is 451 g/mol. The molecule has 1 aromatic carbocycles. The van der Waals surface area contributed by atoms with E-state index in [2.05, 4.69) is 15.2 Å². The fourth-order valence-corrected chi connectivity index (χ4v) is 6.68. The highest BCUT2D eigenvalue weighted by atomic mass is 35.5. The van der Waals surface area contributed by atoms with Gasteiger partial charge in [-0.05, 0) is 50.6 Å². The first kappa shape index (κ1) is 21.0. The van der Waals surface area contributed by atoms with Crippen LogP contribution < -0.4 is 5.73 Å². The fraction of sp³-hybridized carbons (Fsp3) is 0.316. The third-order valence-electron chi connectivity index (χ3n) is 5.20. The van der Waals surface area contributed by atoms with Crippen LogP contribution in [-0.2, 0) is 15.4 Å². The van der Waals surface area contributed by atoms with Gasteiger partial charge in [-0.3, -0.25) is 4.99 Å². The third-order valence-corrected chi connectivity index (χ3v) is 9.75. The number of hydrogen-bond donors (Lipinski definition) is 1. The van der Waals surface area contributed by atoms with Crippen molar-refractivity contribution in [2.75, 3.05) is 5.75 Å². The lowest BCUT2D eigenvalue weighted by molar-refractivity contribution is 0.507. The van der Waals surface area contributed by atoms with Gasteiger partial charge in [0.2, 0.25) is 12.3 Å². The van der Waals surface area contributed by atoms with Crippen molar-refractivity contribution >= 4 is 38.6 Å². The van der Waals surface area contributed by atoms with Crippen molar-refractivity contribution in [1.82, 2.24) is 10.2 Å². The van der Waals surface area contributed by atoms with E-state index in [1.165, 1.54) is 37.3 Å². The molecule has 158 valence electrons. The predicted octanol–water partition coefficient (Wildman–Crippen LogP) is 4.04. The summed E-state index contributed by atoms with van der Waals surface area (Å²) in [5.74, 6) is -0.499. The summed E-state index contributed by atoms with van der Waals surface area (Å²) in [6.07, 6.45) is 1.16. The topological polar surface area (TPSA) is 111 Å². The number of sulfone groups is 1. The third kappa shape index (κ3) is 3.32. The van der Waals surface area contributed by atoms with E-state index < -0.39 is 25.9 Å². The Labute approximate surface area is 181 Å². The number of amidine groups is 1. The number of aromatic nitrogens is 2. The molecule has 1 unspecified atom stereocenters. The molecule has 0 spiro atoms. The fourth-order valence-electron chi connectivity index (χ4n) is 3.29. The molecule has 1 atom stereocenters. The first-order chi connectivity index (χ1) is 13.9. The quantitative estimate of drug-likeness (QED) is 0.621. The van der Waals surface area contributed by atoms with Crippen LogP contribution in [0.4, 0.5) is 4.39 Å². The number of hydrogen-bond acceptors (Lipinski definition) is 8. The first-order valence-corrected chi connectivity index (χ1v) is 11.7. The zero-order valence-corrected chi connectivity index (χ0v) is 18.7. The largest absolute Gasteiger partial charge is 0.423 e. The van der Waals surface area contributed by atoms with Crippen LogP contribution in [0.25, 0.3) is 21.9 Å². The molecule has 4 rings (SSSR count). The van der Waals surface area contributed by atoms with Crippen LogP contribution in [0.3, 0.4) is 0 Å². The van der Waals surface area contributed by atoms with Crippen molar-refractivity contribution < 1.29 is 17.2 Å². The molecule has 2 N–H and O–H groups in total. The van der Waals surface area contributed by atoms with Crippen LogP contribution in [0.5, 0.6) is 0 Å². The van der Waals surface area contributed by atoms with Crippen LogP contribution >= 0.6 is 22.9 Å². The lowest BCUT2D eigenvalue weighted by atomic mass is 10.0. The second-order valence-corrected chi connectivity index (χ2v) is 11.8. The van der Waals surface area contributed by atoms with Gasteiger partial charge >= 0.3 is 0 Å². The van der Waals surface area contributed by atoms with Crippen LogP contribution in [0, 0.1) is 5.82 Å². The number of halogens is 2. The lowest BCUT2D eigenvalue weighted by Gasteiger charge is -2.37. The number of aliphatic imine (C=N–C) groups is 1. The van der Waals surface area contributed by atoms with Crippen molar-refractivity contribution in [2.24, 2.45) is 10.7 Å². The van der Waals surface area contributed by atoms with Crippen molar-refractivity contribution in [2.45, 2.75) is 31.1 Å². The summed E-state index contributed by atoms with van der Waals surface area (Å²) >= 11 is 7.72. The van der Waals surface area contributed by atoms with Crippen LogP contribution in [0.15, 0.2) is 40.1 Å². The zero-order chi connectivity index (χ0) is 21.9. The molecule has 2 aromatic heterocycles. The Morgan fingerprint density at radius 2 is 1.90 bits per heavy atom. The van der Waals surface area contributed by atoms with E-state index in [-0.39, 0.29) is 17.5 Å². The SMILES string of the molecule is CC1(c2sc(-c3cc(F)cc(-c4nnco4)c3)cc2Cl)CS(=O)(=O)C(C)(C)C(N)=N1. The van der Waals surface area contributed by atoms with Gasteiger partial charge in [-0.15, -0.1) is 21.5 Å². The van der Waals surface area contributed by atoms with Gasteiger partial charge in [-0.1, -0.05) is 11.6 Å². The molecule has 1 aliphatic rings. The van der Waals surface area contributed by atoms with Gasteiger partial charge in [0.1, 0.15) is 21.9 Å². The monoisotopic (exact) mass is 468 g/mol. The number of nitrogens with two attached hydrogens (primary N) is 1. The molecule has 3 aromatic rings. The normalized spacial score (nSPS) is 22.6. The number of thiophene rings is 1. The van der Waals surface area contributed by atoms with E-state index in [0.29, 0.717) is 25.9 Å². The summed E-state index contributed by atoms with van der Waals surface area (Å²) in [5.41, 5.74) is 5.85. The van der Waals surface area contributed by atoms with Crippen LogP contribution in [-0.4, -0.2) is 35.0 Å². The Kier molecular flexibility index (Phi) is 4.79. The summed E-state index contributed by atoms with van der Waals surface area (Å²) in [5, 5.41) is 7.75. The van der Waals surface area contributed by atoms with Gasteiger partial charge in [0.05, 0.1) is 15.7 Å². The predicted molar refractivity (Wildman–Crippen MR) is 115 cm³/mol. The molecule has 0 saturated heterocycles. The molecule has 1 aliphatic heterocycles. The molecule has 0 bridgehead atoms. The molecule has 0 aliphatic carbocycles. The maximum Gasteiger partial charge on any atom is 0.247 e. The summed E-state index contributed by atoms with van der Waals surface area (Å²) in [6, 6.07) is 6.00. The molecule has 0 amide bonds. The number of rotatable bonds is 3. The van der Waals surface area contributed by atoms with Crippen molar-refractivity contribution in [3.63, 3.8) is 0 Å². The molecule has 7 nitrogen and oxygen atoms in total. The maximum absolute atomic E-state index is 14.2. The molecular formula is C19H18ClFN4O3S2. The molecule has 0 saturated carbocycles. The number of benzene rings is 1. The Hall–Kier alpha value is -2.30. The second kappa shape index (κ2) is 6.86. The molecule has 3 heterocycles. The standard InChI is InChI=1S/C19H18ClFN4O3S2/c1-18(2)17(22)24-19(3,8-30(18,26)27)15-13(20)7-14(29-15)10-4-11(6-12(21)5-10)16-25-23-9-28-16/h4-7,9H,8H2,1-3H3,(H2,22,24). The minimum Gasteiger partial charge on any atom is -0.423 e. The Balaban J connectivity index is 1.81. The Morgan fingerprint density at radius 3 is 2.53 bits per heavy atom. The molecule has 0 fully saturated rings. The highest BCUT2D eigenvalue weighted by Crippen LogP contribution is 2.46. The summed E-state index contributed by atoms with van der Waals surface area (Å²) < 4.78 is 43.8. The van der Waals surface area contributed by atoms with E-state index in [1.807, 2.05) is 0 Å². The smallest absolute Gasteiger partial charge is 0.247 e.